The molecule has 1 aliphatic carbocycles. The summed E-state index contributed by atoms with van der Waals surface area (Å²) in [5.74, 6) is 0.458. The minimum Gasteiger partial charge on any atom is -0.373 e. The molecular formula is C21H39NO3. The average molecular weight is 354 g/mol. The molecule has 1 spiro atoms. The van der Waals surface area contributed by atoms with Crippen LogP contribution in [0.5, 0.6) is 0 Å². The molecule has 3 fully saturated rings. The van der Waals surface area contributed by atoms with Crippen molar-refractivity contribution in [3.05, 3.63) is 0 Å². The summed E-state index contributed by atoms with van der Waals surface area (Å²) >= 11 is 0. The van der Waals surface area contributed by atoms with Gasteiger partial charge in [-0.05, 0) is 51.4 Å². The minimum atomic E-state index is -0.317. The molecule has 6 unspecified atom stereocenters. The Labute approximate surface area is 154 Å². The standard InChI is InChI=1S/C21H39NO3/c1-15-12-22(13-16(2)24-15)17(3)19-14-23-21(25-19)10-7-8-18(9-11-21)20(4,5)6/h15-19H,7-14H2,1-6H3. The van der Waals surface area contributed by atoms with E-state index in [9.17, 15) is 0 Å². The third kappa shape index (κ3) is 4.58. The zero-order valence-electron chi connectivity index (χ0n) is 17.2. The maximum Gasteiger partial charge on any atom is 0.168 e. The summed E-state index contributed by atoms with van der Waals surface area (Å²) in [4.78, 5) is 2.53. The van der Waals surface area contributed by atoms with Gasteiger partial charge in [0.1, 0.15) is 0 Å². The monoisotopic (exact) mass is 353 g/mol. The number of nitrogens with zero attached hydrogens (tertiary/aromatic N) is 1. The van der Waals surface area contributed by atoms with Crippen molar-refractivity contribution < 1.29 is 14.2 Å². The maximum atomic E-state index is 6.61. The highest BCUT2D eigenvalue weighted by Gasteiger charge is 2.46. The predicted octanol–water partition coefficient (Wildman–Crippen LogP) is 4.22. The van der Waals surface area contributed by atoms with Gasteiger partial charge in [0, 0.05) is 32.0 Å². The van der Waals surface area contributed by atoms with Gasteiger partial charge in [-0.15, -0.1) is 0 Å². The van der Waals surface area contributed by atoms with E-state index in [0.717, 1.165) is 38.5 Å². The number of morpholine rings is 1. The van der Waals surface area contributed by atoms with E-state index >= 15 is 0 Å². The molecule has 3 rings (SSSR count). The normalized spacial score (nSPS) is 42.5. The summed E-state index contributed by atoms with van der Waals surface area (Å²) < 4.78 is 18.8. The topological polar surface area (TPSA) is 30.9 Å². The lowest BCUT2D eigenvalue weighted by Crippen LogP contribution is -2.53. The van der Waals surface area contributed by atoms with Crippen LogP contribution in [0.15, 0.2) is 0 Å². The highest BCUT2D eigenvalue weighted by Crippen LogP contribution is 2.44. The van der Waals surface area contributed by atoms with E-state index < -0.39 is 0 Å². The van der Waals surface area contributed by atoms with Gasteiger partial charge in [0.2, 0.25) is 0 Å². The molecule has 0 amide bonds. The molecule has 0 aromatic carbocycles. The molecule has 3 aliphatic rings. The molecule has 0 N–H and O–H groups in total. The molecule has 2 saturated heterocycles. The zero-order chi connectivity index (χ0) is 18.2. The Morgan fingerprint density at radius 1 is 1.04 bits per heavy atom. The van der Waals surface area contributed by atoms with E-state index in [0.29, 0.717) is 23.7 Å². The molecule has 146 valence electrons. The Bertz CT molecular complexity index is 439. The lowest BCUT2D eigenvalue weighted by atomic mass is 9.76. The van der Waals surface area contributed by atoms with Gasteiger partial charge in [-0.2, -0.15) is 0 Å². The van der Waals surface area contributed by atoms with Crippen LogP contribution >= 0.6 is 0 Å². The van der Waals surface area contributed by atoms with Crippen molar-refractivity contribution in [2.75, 3.05) is 19.7 Å². The Balaban J connectivity index is 1.59. The van der Waals surface area contributed by atoms with Gasteiger partial charge in [-0.3, -0.25) is 4.90 Å². The molecular weight excluding hydrogens is 314 g/mol. The van der Waals surface area contributed by atoms with Gasteiger partial charge in [0.05, 0.1) is 24.9 Å². The van der Waals surface area contributed by atoms with Crippen molar-refractivity contribution in [2.24, 2.45) is 11.3 Å². The number of ether oxygens (including phenoxy) is 3. The first-order valence-electron chi connectivity index (χ1n) is 10.4. The van der Waals surface area contributed by atoms with Crippen LogP contribution in [0.3, 0.4) is 0 Å². The average Bonchev–Trinajstić information content (AvgIpc) is 2.79. The molecule has 0 radical (unpaired) electrons. The summed E-state index contributed by atoms with van der Waals surface area (Å²) in [6.07, 6.45) is 6.62. The van der Waals surface area contributed by atoms with Crippen LogP contribution < -0.4 is 0 Å². The fourth-order valence-corrected chi connectivity index (χ4v) is 5.01. The highest BCUT2D eigenvalue weighted by atomic mass is 16.7. The van der Waals surface area contributed by atoms with Crippen molar-refractivity contribution in [1.82, 2.24) is 4.90 Å². The van der Waals surface area contributed by atoms with E-state index in [4.69, 9.17) is 14.2 Å². The van der Waals surface area contributed by atoms with Crippen LogP contribution in [0.1, 0.15) is 73.6 Å². The lowest BCUT2D eigenvalue weighted by molar-refractivity contribution is -0.185. The van der Waals surface area contributed by atoms with Crippen molar-refractivity contribution in [3.63, 3.8) is 0 Å². The van der Waals surface area contributed by atoms with Crippen molar-refractivity contribution in [3.8, 4) is 0 Å². The maximum absolute atomic E-state index is 6.61. The minimum absolute atomic E-state index is 0.184. The van der Waals surface area contributed by atoms with Crippen LogP contribution in [0.2, 0.25) is 0 Å². The van der Waals surface area contributed by atoms with Crippen molar-refractivity contribution in [2.45, 2.75) is 104 Å². The van der Waals surface area contributed by atoms with Crippen LogP contribution in [0, 0.1) is 11.3 Å². The highest BCUT2D eigenvalue weighted by molar-refractivity contribution is 4.91. The van der Waals surface area contributed by atoms with E-state index in [1.54, 1.807) is 0 Å². The van der Waals surface area contributed by atoms with Crippen molar-refractivity contribution in [1.29, 1.82) is 0 Å². The summed E-state index contributed by atoms with van der Waals surface area (Å²) in [5, 5.41) is 0. The first-order chi connectivity index (χ1) is 11.7. The summed E-state index contributed by atoms with van der Waals surface area (Å²) in [7, 11) is 0. The Hall–Kier alpha value is -0.160. The van der Waals surface area contributed by atoms with Gasteiger partial charge in [0.15, 0.2) is 5.79 Å². The molecule has 2 aliphatic heterocycles. The molecule has 2 heterocycles. The van der Waals surface area contributed by atoms with Crippen LogP contribution in [-0.4, -0.2) is 54.7 Å². The molecule has 0 aromatic heterocycles. The summed E-state index contributed by atoms with van der Waals surface area (Å²) in [5.41, 5.74) is 0.386. The molecule has 6 atom stereocenters. The van der Waals surface area contributed by atoms with Crippen LogP contribution in [0.4, 0.5) is 0 Å². The fraction of sp³-hybridized carbons (Fsp3) is 1.00. The van der Waals surface area contributed by atoms with Gasteiger partial charge < -0.3 is 14.2 Å². The van der Waals surface area contributed by atoms with E-state index in [1.165, 1.54) is 19.3 Å². The summed E-state index contributed by atoms with van der Waals surface area (Å²) in [6, 6.07) is 0.384. The van der Waals surface area contributed by atoms with Crippen LogP contribution in [0.25, 0.3) is 0 Å². The lowest BCUT2D eigenvalue weighted by Gasteiger charge is -2.40. The first-order valence-corrected chi connectivity index (χ1v) is 10.4. The Kier molecular flexibility index (Phi) is 5.85. The van der Waals surface area contributed by atoms with E-state index in [-0.39, 0.29) is 11.9 Å². The molecule has 25 heavy (non-hydrogen) atoms. The number of rotatable bonds is 2. The largest absolute Gasteiger partial charge is 0.373 e. The molecule has 0 aromatic rings. The van der Waals surface area contributed by atoms with Gasteiger partial charge in [-0.25, -0.2) is 0 Å². The zero-order valence-corrected chi connectivity index (χ0v) is 17.2. The molecule has 4 heteroatoms. The summed E-state index contributed by atoms with van der Waals surface area (Å²) in [6.45, 7) is 16.5. The number of hydrogen-bond donors (Lipinski definition) is 0. The second-order valence-corrected chi connectivity index (χ2v) is 9.82. The number of hydrogen-bond acceptors (Lipinski definition) is 4. The quantitative estimate of drug-likeness (QED) is 0.744. The van der Waals surface area contributed by atoms with Gasteiger partial charge in [0.25, 0.3) is 0 Å². The van der Waals surface area contributed by atoms with E-state index in [2.05, 4.69) is 46.4 Å². The SMILES string of the molecule is CC1CN(C(C)C2COC3(CCCC(C(C)(C)C)CC3)O2)CC(C)O1. The van der Waals surface area contributed by atoms with E-state index in [1.807, 2.05) is 0 Å². The fourth-order valence-electron chi connectivity index (χ4n) is 5.01. The molecule has 0 bridgehead atoms. The smallest absolute Gasteiger partial charge is 0.168 e. The second-order valence-electron chi connectivity index (χ2n) is 9.82. The predicted molar refractivity (Wildman–Crippen MR) is 101 cm³/mol. The Morgan fingerprint density at radius 2 is 1.72 bits per heavy atom. The van der Waals surface area contributed by atoms with Crippen LogP contribution in [-0.2, 0) is 14.2 Å². The van der Waals surface area contributed by atoms with Gasteiger partial charge in [-0.1, -0.05) is 20.8 Å². The third-order valence-electron chi connectivity index (χ3n) is 6.65. The van der Waals surface area contributed by atoms with Gasteiger partial charge >= 0.3 is 0 Å². The molecule has 1 saturated carbocycles. The van der Waals surface area contributed by atoms with Crippen molar-refractivity contribution >= 4 is 0 Å². The third-order valence-corrected chi connectivity index (χ3v) is 6.65. The first kappa shape index (κ1) is 19.6. The molecule has 4 nitrogen and oxygen atoms in total. The Morgan fingerprint density at radius 3 is 2.36 bits per heavy atom. The second kappa shape index (κ2) is 7.46.